The fraction of sp³-hybridized carbons (Fsp3) is 0.211. The molecular weight excluding hydrogens is 740 g/mol. The highest BCUT2D eigenvalue weighted by atomic mass is 32.2. The van der Waals surface area contributed by atoms with Crippen molar-refractivity contribution in [1.29, 1.82) is 0 Å². The Balaban J connectivity index is 1.03. The van der Waals surface area contributed by atoms with Crippen molar-refractivity contribution in [3.8, 4) is 17.6 Å². The molecule has 3 N–H and O–H groups in total. The smallest absolute Gasteiger partial charge is 0.418 e. The lowest BCUT2D eigenvalue weighted by Gasteiger charge is -2.35. The van der Waals surface area contributed by atoms with Crippen LogP contribution in [0.4, 0.5) is 24.7 Å². The molecule has 2 aromatic heterocycles. The van der Waals surface area contributed by atoms with Crippen molar-refractivity contribution in [1.82, 2.24) is 24.8 Å². The molecule has 1 fully saturated rings. The number of thioether (sulfide) groups is 1. The van der Waals surface area contributed by atoms with Gasteiger partial charge in [0.25, 0.3) is 15.9 Å². The highest BCUT2D eigenvalue weighted by molar-refractivity contribution is 7.99. The second-order valence-electron chi connectivity index (χ2n) is 12.1. The summed E-state index contributed by atoms with van der Waals surface area (Å²) in [5, 5.41) is 20.4. The Labute approximate surface area is 314 Å². The molecule has 0 spiro atoms. The predicted octanol–water partition coefficient (Wildman–Crippen LogP) is 5.64. The van der Waals surface area contributed by atoms with Crippen LogP contribution in [0.25, 0.3) is 0 Å². The fourth-order valence-corrected chi connectivity index (χ4v) is 7.37. The number of hydrogen-bond donors (Lipinski definition) is 3. The number of aromatic nitrogens is 3. The topological polar surface area (TPSA) is 141 Å². The Morgan fingerprint density at radius 3 is 2.37 bits per heavy atom. The number of hydrogen-bond acceptors (Lipinski definition) is 11. The largest absolute Gasteiger partial charge is 0.506 e. The van der Waals surface area contributed by atoms with Gasteiger partial charge in [-0.2, -0.15) is 13.2 Å². The quantitative estimate of drug-likeness (QED) is 0.0873. The zero-order valence-electron chi connectivity index (χ0n) is 28.6. The highest BCUT2D eigenvalue weighted by Gasteiger charge is 2.35. The van der Waals surface area contributed by atoms with E-state index in [0.29, 0.717) is 55.9 Å². The molecule has 5 aromatic rings. The van der Waals surface area contributed by atoms with Gasteiger partial charge in [0.1, 0.15) is 5.75 Å². The van der Waals surface area contributed by atoms with Crippen LogP contribution in [-0.4, -0.2) is 78.0 Å². The number of amides is 1. The number of nitrogens with one attached hydrogen (secondary N) is 2. The van der Waals surface area contributed by atoms with E-state index in [9.17, 15) is 31.5 Å². The van der Waals surface area contributed by atoms with Gasteiger partial charge in [0, 0.05) is 72.9 Å². The summed E-state index contributed by atoms with van der Waals surface area (Å²) in [4.78, 5) is 21.3. The second kappa shape index (κ2) is 17.0. The molecule has 278 valence electrons. The van der Waals surface area contributed by atoms with E-state index >= 15 is 0 Å². The van der Waals surface area contributed by atoms with Crippen molar-refractivity contribution in [2.45, 2.75) is 22.5 Å². The third-order valence-corrected chi connectivity index (χ3v) is 10.7. The molecule has 1 saturated heterocycles. The van der Waals surface area contributed by atoms with E-state index < -0.39 is 32.6 Å². The van der Waals surface area contributed by atoms with Crippen molar-refractivity contribution in [3.05, 3.63) is 131 Å². The summed E-state index contributed by atoms with van der Waals surface area (Å²) in [6.07, 6.45) is -1.93. The lowest BCUT2D eigenvalue weighted by Crippen LogP contribution is -2.46. The first-order chi connectivity index (χ1) is 25.9. The summed E-state index contributed by atoms with van der Waals surface area (Å²) in [5.41, 5.74) is 0.754. The van der Waals surface area contributed by atoms with Crippen molar-refractivity contribution in [2.24, 2.45) is 0 Å². The summed E-state index contributed by atoms with van der Waals surface area (Å²) in [6, 6.07) is 24.2. The number of carbonyl (C=O) groups is 1. The van der Waals surface area contributed by atoms with Crippen LogP contribution in [0.3, 0.4) is 0 Å². The average molecular weight is 774 g/mol. The van der Waals surface area contributed by atoms with Crippen molar-refractivity contribution < 1.29 is 31.5 Å². The Bertz CT molecular complexity index is 2260. The standard InChI is InChI=1S/C38H34F3N7O4S2/c39-38(40,41)33-23-32(12-13-34(33)43-16-21-53-31-8-2-1-3-9-31)54(51,52)46-37(50)35-14-15-36(45-44-35)48-19-17-47(18-20-48)26-29-7-5-4-6-28(29)11-10-27-22-30(49)25-42-24-27/h1-9,12-15,22-25,43,49H,16-21,26H2,(H,46,50). The number of nitrogens with zero attached hydrogens (tertiary/aromatic N) is 5. The summed E-state index contributed by atoms with van der Waals surface area (Å²) in [7, 11) is -4.69. The monoisotopic (exact) mass is 773 g/mol. The van der Waals surface area contributed by atoms with Crippen LogP contribution in [0, 0.1) is 11.8 Å². The zero-order chi connectivity index (χ0) is 38.1. The zero-order valence-corrected chi connectivity index (χ0v) is 30.3. The third kappa shape index (κ3) is 10.1. The molecule has 0 aliphatic carbocycles. The number of halogens is 3. The minimum absolute atomic E-state index is 0.0462. The number of aromatic hydroxyl groups is 1. The molecule has 3 heterocycles. The minimum atomic E-state index is -4.86. The molecule has 1 aliphatic rings. The van der Waals surface area contributed by atoms with Gasteiger partial charge in [0.2, 0.25) is 0 Å². The molecule has 1 amide bonds. The van der Waals surface area contributed by atoms with E-state index in [1.165, 1.54) is 24.0 Å². The molecule has 11 nitrogen and oxygen atoms in total. The molecule has 0 radical (unpaired) electrons. The molecule has 0 saturated carbocycles. The number of rotatable bonds is 11. The van der Waals surface area contributed by atoms with Crippen LogP contribution in [0.15, 0.2) is 113 Å². The molecular formula is C38H34F3N7O4S2. The predicted molar refractivity (Wildman–Crippen MR) is 200 cm³/mol. The molecule has 0 bridgehead atoms. The van der Waals surface area contributed by atoms with Crippen LogP contribution in [0.2, 0.25) is 0 Å². The van der Waals surface area contributed by atoms with Gasteiger partial charge in [-0.05, 0) is 60.2 Å². The number of piperazine rings is 1. The van der Waals surface area contributed by atoms with Gasteiger partial charge < -0.3 is 15.3 Å². The van der Waals surface area contributed by atoms with Crippen molar-refractivity contribution >= 4 is 39.2 Å². The fourth-order valence-electron chi connectivity index (χ4n) is 5.59. The third-order valence-electron chi connectivity index (χ3n) is 8.32. The first-order valence-corrected chi connectivity index (χ1v) is 19.2. The maximum absolute atomic E-state index is 14.0. The Morgan fingerprint density at radius 1 is 0.889 bits per heavy atom. The van der Waals surface area contributed by atoms with E-state index in [1.807, 2.05) is 59.5 Å². The van der Waals surface area contributed by atoms with E-state index in [4.69, 9.17) is 0 Å². The highest BCUT2D eigenvalue weighted by Crippen LogP contribution is 2.36. The summed E-state index contributed by atoms with van der Waals surface area (Å²) in [5.74, 6) is 6.08. The van der Waals surface area contributed by atoms with Crippen molar-refractivity contribution in [3.63, 3.8) is 0 Å². The van der Waals surface area contributed by atoms with E-state index in [2.05, 4.69) is 37.2 Å². The number of carbonyl (C=O) groups excluding carboxylic acids is 1. The van der Waals surface area contributed by atoms with Gasteiger partial charge in [-0.25, -0.2) is 13.1 Å². The second-order valence-corrected chi connectivity index (χ2v) is 15.0. The lowest BCUT2D eigenvalue weighted by molar-refractivity contribution is -0.137. The van der Waals surface area contributed by atoms with Gasteiger partial charge in [0.15, 0.2) is 11.5 Å². The SMILES string of the molecule is O=C(NS(=O)(=O)c1ccc(NCCSc2ccccc2)c(C(F)(F)F)c1)c1ccc(N2CCN(Cc3ccccc3C#Cc3cncc(O)c3)CC2)nn1. The Morgan fingerprint density at radius 2 is 1.65 bits per heavy atom. The van der Waals surface area contributed by atoms with E-state index in [1.54, 1.807) is 23.1 Å². The van der Waals surface area contributed by atoms with Crippen LogP contribution >= 0.6 is 11.8 Å². The molecule has 0 unspecified atom stereocenters. The van der Waals surface area contributed by atoms with Gasteiger partial charge in [-0.1, -0.05) is 48.2 Å². The number of alkyl halides is 3. The number of benzene rings is 3. The molecule has 1 aliphatic heterocycles. The molecule has 0 atom stereocenters. The van der Waals surface area contributed by atoms with Crippen LogP contribution in [0.1, 0.15) is 32.7 Å². The van der Waals surface area contributed by atoms with Gasteiger partial charge in [-0.15, -0.1) is 22.0 Å². The van der Waals surface area contributed by atoms with E-state index in [-0.39, 0.29) is 23.7 Å². The number of pyridine rings is 1. The van der Waals surface area contributed by atoms with E-state index in [0.717, 1.165) is 28.2 Å². The molecule has 6 rings (SSSR count). The van der Waals surface area contributed by atoms with Gasteiger partial charge in [0.05, 0.1) is 16.7 Å². The number of sulfonamides is 1. The minimum Gasteiger partial charge on any atom is -0.506 e. The Hall–Kier alpha value is -5.63. The maximum atomic E-state index is 14.0. The molecule has 54 heavy (non-hydrogen) atoms. The first kappa shape index (κ1) is 38.1. The first-order valence-electron chi connectivity index (χ1n) is 16.7. The summed E-state index contributed by atoms with van der Waals surface area (Å²) in [6.45, 7) is 3.46. The van der Waals surface area contributed by atoms with Crippen LogP contribution in [-0.2, 0) is 22.7 Å². The Kier molecular flexibility index (Phi) is 12.0. The van der Waals surface area contributed by atoms with Crippen LogP contribution in [0.5, 0.6) is 5.75 Å². The van der Waals surface area contributed by atoms with Crippen LogP contribution < -0.4 is 14.9 Å². The summed E-state index contributed by atoms with van der Waals surface area (Å²) >= 11 is 1.46. The van der Waals surface area contributed by atoms with Gasteiger partial charge in [-0.3, -0.25) is 14.7 Å². The maximum Gasteiger partial charge on any atom is 0.418 e. The summed E-state index contributed by atoms with van der Waals surface area (Å²) < 4.78 is 69.8. The lowest BCUT2D eigenvalue weighted by atomic mass is 10.1. The van der Waals surface area contributed by atoms with Gasteiger partial charge >= 0.3 is 6.18 Å². The molecule has 16 heteroatoms. The average Bonchev–Trinajstić information content (AvgIpc) is 3.16. The van der Waals surface area contributed by atoms with Crippen molar-refractivity contribution in [2.75, 3.05) is 48.7 Å². The normalized spacial score (nSPS) is 13.5. The molecule has 3 aromatic carbocycles. The number of anilines is 2.